The second-order valence-corrected chi connectivity index (χ2v) is 17.7. The molecule has 3 rings (SSSR count). The van der Waals surface area contributed by atoms with Crippen LogP contribution in [0.2, 0.25) is 0 Å². The lowest BCUT2D eigenvalue weighted by Gasteiger charge is -2.31. The monoisotopic (exact) mass is 1060 g/mol. The fourth-order valence-electron chi connectivity index (χ4n) is 7.88. The van der Waals surface area contributed by atoms with E-state index in [0.717, 1.165) is 101 Å². The van der Waals surface area contributed by atoms with E-state index in [4.69, 9.17) is 14.0 Å². The maximum Gasteiger partial charge on any atom is 0.864 e. The number of unbranched alkanes of at least 4 members (excludes halogenated alkanes) is 19. The number of rotatable bonds is 30. The first kappa shape index (κ1) is 62.0. The Morgan fingerprint density at radius 1 is 0.333 bits per heavy atom. The number of halogens is 18. The van der Waals surface area contributed by atoms with Crippen LogP contribution < -0.4 is 18.9 Å². The van der Waals surface area contributed by atoms with Gasteiger partial charge in [-0.3, -0.25) is 0 Å². The van der Waals surface area contributed by atoms with Crippen molar-refractivity contribution in [2.45, 2.75) is 186 Å². The van der Waals surface area contributed by atoms with Crippen LogP contribution in [0.25, 0.3) is 0 Å². The van der Waals surface area contributed by atoms with Gasteiger partial charge in [0.2, 0.25) is 0 Å². The summed E-state index contributed by atoms with van der Waals surface area (Å²) in [6.45, 7) is 3.58. The molecule has 0 aliphatic rings. The number of alkyl halides is 18. The van der Waals surface area contributed by atoms with E-state index in [2.05, 4.69) is 13.8 Å². The second kappa shape index (κ2) is 27.8. The summed E-state index contributed by atoms with van der Waals surface area (Å²) in [6, 6.07) is -1.62. The Labute approximate surface area is 408 Å². The van der Waals surface area contributed by atoms with E-state index in [-0.39, 0.29) is 62.3 Å². The van der Waals surface area contributed by atoms with Crippen molar-refractivity contribution in [1.82, 2.24) is 0 Å². The van der Waals surface area contributed by atoms with E-state index >= 15 is 13.2 Å². The van der Waals surface area contributed by atoms with Crippen molar-refractivity contribution < 1.29 is 93.0 Å². The smallest absolute Gasteiger partial charge is 0.490 e. The van der Waals surface area contributed by atoms with Crippen LogP contribution in [-0.4, -0.2) is 20.4 Å². The average Bonchev–Trinajstić information content (AvgIpc) is 3.26. The molecule has 23 heteroatoms. The van der Waals surface area contributed by atoms with Crippen molar-refractivity contribution in [1.29, 1.82) is 0 Å². The van der Waals surface area contributed by atoms with Crippen molar-refractivity contribution in [2.75, 3.05) is 18.0 Å². The van der Waals surface area contributed by atoms with Crippen LogP contribution in [0.4, 0.5) is 84.7 Å². The van der Waals surface area contributed by atoms with E-state index in [9.17, 15) is 65.9 Å². The number of nitrogens with zero attached hydrogens (tertiary/aromatic N) is 1. The Bertz CT molecular complexity index is 1920. The number of hydrogen-bond donors (Lipinski definition) is 0. The van der Waals surface area contributed by atoms with Crippen molar-refractivity contribution in [2.24, 2.45) is 0 Å². The molecule has 0 saturated heterocycles. The molecular formula is C49H60BF18NO3. The molecule has 0 aliphatic heterocycles. The van der Waals surface area contributed by atoms with Crippen LogP contribution in [0.5, 0.6) is 17.2 Å². The molecular weight excluding hydrogens is 1000 g/mol. The minimum atomic E-state index is -5.65. The highest BCUT2D eigenvalue weighted by atomic mass is 19.4. The van der Waals surface area contributed by atoms with Crippen LogP contribution in [0.3, 0.4) is 0 Å². The highest BCUT2D eigenvalue weighted by molar-refractivity contribution is 6.39. The highest BCUT2D eigenvalue weighted by Crippen LogP contribution is 2.48. The van der Waals surface area contributed by atoms with Gasteiger partial charge in [0.15, 0.2) is 0 Å². The Kier molecular flexibility index (Phi) is 23.9. The summed E-state index contributed by atoms with van der Waals surface area (Å²) in [6.07, 6.45) is -16.7. The fraction of sp³-hybridized carbons (Fsp3) is 0.633. The predicted octanol–water partition coefficient (Wildman–Crippen LogP) is 19.4. The third kappa shape index (κ3) is 21.6. The average molecular weight is 1060 g/mol. The molecule has 0 fully saturated rings. The molecule has 0 atom stereocenters. The molecule has 0 spiro atoms. The van der Waals surface area contributed by atoms with Gasteiger partial charge in [-0.15, -0.1) is 0 Å². The summed E-state index contributed by atoms with van der Waals surface area (Å²) in [5.74, 6) is -4.63. The summed E-state index contributed by atoms with van der Waals surface area (Å²) in [4.78, 5) is 1.03. The van der Waals surface area contributed by atoms with Gasteiger partial charge in [-0.05, 0) is 61.4 Å². The van der Waals surface area contributed by atoms with Gasteiger partial charge in [0.1, 0.15) is 17.2 Å². The molecule has 0 bridgehead atoms. The van der Waals surface area contributed by atoms with Gasteiger partial charge in [0, 0.05) is 13.1 Å². The van der Waals surface area contributed by atoms with E-state index in [1.165, 1.54) is 0 Å². The Morgan fingerprint density at radius 2 is 0.611 bits per heavy atom. The third-order valence-corrected chi connectivity index (χ3v) is 11.6. The lowest BCUT2D eigenvalue weighted by Crippen LogP contribution is -2.38. The van der Waals surface area contributed by atoms with Crippen LogP contribution >= 0.6 is 0 Å². The van der Waals surface area contributed by atoms with E-state index in [0.29, 0.717) is 25.7 Å². The van der Waals surface area contributed by atoms with Gasteiger partial charge in [-0.1, -0.05) is 136 Å². The third-order valence-electron chi connectivity index (χ3n) is 11.6. The first-order valence-corrected chi connectivity index (χ1v) is 24.1. The summed E-state index contributed by atoms with van der Waals surface area (Å²) in [7, 11) is -3.27. The summed E-state index contributed by atoms with van der Waals surface area (Å²) in [5, 5.41) is 0. The maximum atomic E-state index is 15.2. The van der Waals surface area contributed by atoms with Crippen molar-refractivity contribution in [3.8, 4) is 17.2 Å². The summed E-state index contributed by atoms with van der Waals surface area (Å²) < 4.78 is 272. The number of hydrogen-bond acceptors (Lipinski definition) is 4. The molecule has 3 aromatic rings. The molecule has 0 unspecified atom stereocenters. The Morgan fingerprint density at radius 3 is 0.889 bits per heavy atom. The van der Waals surface area contributed by atoms with Gasteiger partial charge in [0.05, 0.1) is 39.1 Å². The first-order chi connectivity index (χ1) is 33.4. The standard InChI is InChI=1S/C49H60BF18NO3/c1-3-5-7-9-11-13-15-17-19-21-23-25-69(24-22-20-18-16-14-12-10-8-6-4-2)43-41(49(66,67)68)32-38(48(63,64)65)33-42(43)72-50(70-39-28-34(44(51,52)53)26-35(29-39)45(54,55)56)71-40-30-36(46(57,58)59)27-37(31-40)47(60,61)62/h26-33H,3-25H2,1-2H3. The molecule has 408 valence electrons. The number of benzene rings is 3. The lowest BCUT2D eigenvalue weighted by atomic mass is 10.0. The van der Waals surface area contributed by atoms with Gasteiger partial charge in [-0.25, -0.2) is 0 Å². The van der Waals surface area contributed by atoms with Crippen LogP contribution in [-0.2, 0) is 37.1 Å². The van der Waals surface area contributed by atoms with Crippen LogP contribution in [0.1, 0.15) is 182 Å². The molecule has 0 aliphatic carbocycles. The molecule has 0 amide bonds. The van der Waals surface area contributed by atoms with E-state index in [1.54, 1.807) is 0 Å². The Hall–Kier alpha value is -4.34. The van der Waals surface area contributed by atoms with E-state index in [1.807, 2.05) is 0 Å². The topological polar surface area (TPSA) is 30.9 Å². The highest BCUT2D eigenvalue weighted by Gasteiger charge is 2.45. The predicted molar refractivity (Wildman–Crippen MR) is 237 cm³/mol. The van der Waals surface area contributed by atoms with E-state index < -0.39 is 113 Å². The normalized spacial score (nSPS) is 12.9. The SMILES string of the molecule is CCCCCCCCCCCCCN(CCCCCCCCCCCC)c1c(OB(Oc2cc(C(F)(F)F)cc(C(F)(F)F)c2)Oc2cc(C(F)(F)F)cc(C(F)(F)F)c2)cc(C(F)(F)F)cc1C(F)(F)F. The van der Waals surface area contributed by atoms with Gasteiger partial charge < -0.3 is 18.9 Å². The molecule has 4 nitrogen and oxygen atoms in total. The van der Waals surface area contributed by atoms with Crippen molar-refractivity contribution >= 4 is 13.0 Å². The van der Waals surface area contributed by atoms with Gasteiger partial charge in [-0.2, -0.15) is 79.0 Å². The van der Waals surface area contributed by atoms with Crippen molar-refractivity contribution in [3.05, 3.63) is 81.9 Å². The Balaban J connectivity index is 2.23. The zero-order valence-corrected chi connectivity index (χ0v) is 39.9. The molecule has 72 heavy (non-hydrogen) atoms. The van der Waals surface area contributed by atoms with Crippen LogP contribution in [0.15, 0.2) is 48.5 Å². The lowest BCUT2D eigenvalue weighted by molar-refractivity contribution is -0.144. The molecule has 0 aromatic heterocycles. The number of anilines is 1. The zero-order valence-electron chi connectivity index (χ0n) is 39.9. The maximum absolute atomic E-state index is 15.2. The second-order valence-electron chi connectivity index (χ2n) is 17.7. The molecule has 0 N–H and O–H groups in total. The largest absolute Gasteiger partial charge is 0.864 e. The molecule has 3 aromatic carbocycles. The quantitative estimate of drug-likeness (QED) is 0.0378. The molecule has 0 radical (unpaired) electrons. The molecule has 0 heterocycles. The molecule has 0 saturated carbocycles. The van der Waals surface area contributed by atoms with Crippen molar-refractivity contribution in [3.63, 3.8) is 0 Å². The minimum Gasteiger partial charge on any atom is -0.490 e. The first-order valence-electron chi connectivity index (χ1n) is 24.1. The minimum absolute atomic E-state index is 0.0170. The summed E-state index contributed by atoms with van der Waals surface area (Å²) in [5.41, 5.74) is -13.5. The fourth-order valence-corrected chi connectivity index (χ4v) is 7.88. The van der Waals surface area contributed by atoms with Gasteiger partial charge in [0.25, 0.3) is 0 Å². The summed E-state index contributed by atoms with van der Waals surface area (Å²) >= 11 is 0. The van der Waals surface area contributed by atoms with Gasteiger partial charge >= 0.3 is 44.4 Å². The zero-order chi connectivity index (χ0) is 54.0. The van der Waals surface area contributed by atoms with Crippen LogP contribution in [0, 0.1) is 0 Å².